The Balaban J connectivity index is 2.68. The summed E-state index contributed by atoms with van der Waals surface area (Å²) in [4.78, 5) is 16.6. The lowest BCUT2D eigenvalue weighted by atomic mass is 10.1. The molecule has 0 N–H and O–H groups in total. The number of nitrogens with zero attached hydrogens (tertiary/aromatic N) is 3. The predicted molar refractivity (Wildman–Crippen MR) is 92.6 cm³/mol. The first-order chi connectivity index (χ1) is 12.9. The SMILES string of the molecule is COc1cc2ncc(N(CC(F)(F)F)C(=O)OC(C)(C)C)c(C#N)c2cc1F. The normalized spacial score (nSPS) is 11.8. The number of carbonyl (C=O) groups excluding carboxylic acids is 1. The van der Waals surface area contributed by atoms with Crippen molar-refractivity contribution < 1.29 is 31.8 Å². The van der Waals surface area contributed by atoms with Crippen LogP contribution in [0, 0.1) is 17.1 Å². The van der Waals surface area contributed by atoms with Crippen molar-refractivity contribution in [2.75, 3.05) is 18.6 Å². The number of alkyl halides is 3. The molecule has 2 rings (SSSR count). The summed E-state index contributed by atoms with van der Waals surface area (Å²) in [6.07, 6.45) is -5.14. The molecular formula is C18H17F4N3O3. The molecule has 1 aromatic carbocycles. The second-order valence-corrected chi connectivity index (χ2v) is 6.82. The predicted octanol–water partition coefficient (Wildman–Crippen LogP) is 4.56. The van der Waals surface area contributed by atoms with E-state index >= 15 is 0 Å². The topological polar surface area (TPSA) is 75.4 Å². The fraction of sp³-hybridized carbons (Fsp3) is 0.389. The molecule has 0 unspecified atom stereocenters. The highest BCUT2D eigenvalue weighted by Gasteiger charge is 2.37. The molecule has 0 aliphatic rings. The van der Waals surface area contributed by atoms with Crippen LogP contribution < -0.4 is 9.64 Å². The summed E-state index contributed by atoms with van der Waals surface area (Å²) in [5.74, 6) is -0.971. The van der Waals surface area contributed by atoms with Crippen molar-refractivity contribution in [3.8, 4) is 11.8 Å². The number of pyridine rings is 1. The van der Waals surface area contributed by atoms with E-state index in [0.29, 0.717) is 0 Å². The Morgan fingerprint density at radius 3 is 2.43 bits per heavy atom. The Morgan fingerprint density at radius 1 is 1.29 bits per heavy atom. The van der Waals surface area contributed by atoms with E-state index in [9.17, 15) is 27.6 Å². The Bertz CT molecular complexity index is 946. The summed E-state index contributed by atoms with van der Waals surface area (Å²) in [6, 6.07) is 3.85. The molecule has 1 aromatic heterocycles. The van der Waals surface area contributed by atoms with Crippen LogP contribution in [0.2, 0.25) is 0 Å². The summed E-state index contributed by atoms with van der Waals surface area (Å²) < 4.78 is 63.1. The Hall–Kier alpha value is -3.09. The number of amides is 1. The summed E-state index contributed by atoms with van der Waals surface area (Å²) in [6.45, 7) is 2.76. The molecule has 0 aliphatic carbocycles. The van der Waals surface area contributed by atoms with E-state index in [1.807, 2.05) is 0 Å². The molecule has 0 atom stereocenters. The number of aromatic nitrogens is 1. The molecule has 0 fully saturated rings. The first kappa shape index (κ1) is 21.2. The monoisotopic (exact) mass is 399 g/mol. The number of rotatable bonds is 3. The molecule has 1 amide bonds. The van der Waals surface area contributed by atoms with Crippen molar-refractivity contribution in [1.29, 1.82) is 5.26 Å². The van der Waals surface area contributed by atoms with Gasteiger partial charge >= 0.3 is 12.3 Å². The van der Waals surface area contributed by atoms with Gasteiger partial charge in [0.15, 0.2) is 11.6 Å². The minimum absolute atomic E-state index is 0.0611. The van der Waals surface area contributed by atoms with Crippen LogP contribution in [0.3, 0.4) is 0 Å². The summed E-state index contributed by atoms with van der Waals surface area (Å²) >= 11 is 0. The smallest absolute Gasteiger partial charge is 0.415 e. The van der Waals surface area contributed by atoms with E-state index in [0.717, 1.165) is 12.3 Å². The van der Waals surface area contributed by atoms with Gasteiger partial charge in [0.1, 0.15) is 18.2 Å². The number of anilines is 1. The largest absolute Gasteiger partial charge is 0.494 e. The zero-order valence-electron chi connectivity index (χ0n) is 15.5. The second kappa shape index (κ2) is 7.50. The number of carbonyl (C=O) groups is 1. The van der Waals surface area contributed by atoms with E-state index in [4.69, 9.17) is 9.47 Å². The molecule has 10 heteroatoms. The molecular weight excluding hydrogens is 382 g/mol. The number of benzene rings is 1. The standard InChI is InChI=1S/C18H17F4N3O3/c1-17(2,3)28-16(26)25(9-18(20,21)22)14-8-24-13-6-15(27-4)12(19)5-10(13)11(14)7-23/h5-6,8H,9H2,1-4H3. The van der Waals surface area contributed by atoms with Gasteiger partial charge < -0.3 is 9.47 Å². The van der Waals surface area contributed by atoms with Gasteiger partial charge in [0.2, 0.25) is 0 Å². The second-order valence-electron chi connectivity index (χ2n) is 6.82. The molecule has 28 heavy (non-hydrogen) atoms. The van der Waals surface area contributed by atoms with Crippen LogP contribution in [-0.2, 0) is 4.74 Å². The van der Waals surface area contributed by atoms with Gasteiger partial charge in [-0.25, -0.2) is 9.18 Å². The maximum atomic E-state index is 14.1. The van der Waals surface area contributed by atoms with Crippen LogP contribution in [0.1, 0.15) is 26.3 Å². The number of hydrogen-bond acceptors (Lipinski definition) is 5. The Morgan fingerprint density at radius 2 is 1.93 bits per heavy atom. The van der Waals surface area contributed by atoms with Gasteiger partial charge in [-0.05, 0) is 26.8 Å². The van der Waals surface area contributed by atoms with E-state index < -0.39 is 35.9 Å². The minimum atomic E-state index is -4.77. The highest BCUT2D eigenvalue weighted by molar-refractivity contribution is 5.96. The van der Waals surface area contributed by atoms with Gasteiger partial charge in [0.25, 0.3) is 0 Å². The number of fused-ring (bicyclic) bond motifs is 1. The molecule has 0 saturated carbocycles. The molecule has 2 aromatic rings. The van der Waals surface area contributed by atoms with Crippen LogP contribution in [0.5, 0.6) is 5.75 Å². The summed E-state index contributed by atoms with van der Waals surface area (Å²) in [5.41, 5.74) is -1.74. The average Bonchev–Trinajstić information content (AvgIpc) is 2.55. The quantitative estimate of drug-likeness (QED) is 0.708. The van der Waals surface area contributed by atoms with Crippen LogP contribution >= 0.6 is 0 Å². The van der Waals surface area contributed by atoms with Gasteiger partial charge in [-0.1, -0.05) is 0 Å². The number of hydrogen-bond donors (Lipinski definition) is 0. The lowest BCUT2D eigenvalue weighted by Gasteiger charge is -2.28. The van der Waals surface area contributed by atoms with Crippen molar-refractivity contribution >= 4 is 22.7 Å². The molecule has 150 valence electrons. The fourth-order valence-electron chi connectivity index (χ4n) is 2.41. The highest BCUT2D eigenvalue weighted by atomic mass is 19.4. The molecule has 0 bridgehead atoms. The average molecular weight is 399 g/mol. The van der Waals surface area contributed by atoms with E-state index in [1.54, 1.807) is 6.07 Å². The molecule has 1 heterocycles. The molecule has 0 aliphatic heterocycles. The molecule has 0 saturated heterocycles. The van der Waals surface area contributed by atoms with Gasteiger partial charge in [0.05, 0.1) is 30.1 Å². The molecule has 6 nitrogen and oxygen atoms in total. The van der Waals surface area contributed by atoms with Gasteiger partial charge in [0, 0.05) is 11.5 Å². The maximum absolute atomic E-state index is 14.1. The van der Waals surface area contributed by atoms with Crippen LogP contribution in [0.4, 0.5) is 28.0 Å². The number of halogens is 4. The van der Waals surface area contributed by atoms with Crippen molar-refractivity contribution in [3.05, 3.63) is 29.7 Å². The van der Waals surface area contributed by atoms with Crippen molar-refractivity contribution in [2.45, 2.75) is 32.5 Å². The lowest BCUT2D eigenvalue weighted by Crippen LogP contribution is -2.42. The highest BCUT2D eigenvalue weighted by Crippen LogP contribution is 2.33. The zero-order valence-corrected chi connectivity index (χ0v) is 15.5. The van der Waals surface area contributed by atoms with Crippen molar-refractivity contribution in [2.24, 2.45) is 0 Å². The van der Waals surface area contributed by atoms with Crippen LogP contribution in [0.15, 0.2) is 18.3 Å². The Labute approximate surface area is 158 Å². The molecule has 0 spiro atoms. The first-order valence-corrected chi connectivity index (χ1v) is 8.00. The van der Waals surface area contributed by atoms with E-state index in [2.05, 4.69) is 4.98 Å². The zero-order chi connectivity index (χ0) is 21.3. The molecule has 0 radical (unpaired) electrons. The van der Waals surface area contributed by atoms with Gasteiger partial charge in [-0.2, -0.15) is 18.4 Å². The van der Waals surface area contributed by atoms with Crippen molar-refractivity contribution in [1.82, 2.24) is 4.98 Å². The number of nitriles is 1. The third-order valence-electron chi connectivity index (χ3n) is 3.48. The maximum Gasteiger partial charge on any atom is 0.415 e. The summed E-state index contributed by atoms with van der Waals surface area (Å²) in [7, 11) is 1.23. The lowest BCUT2D eigenvalue weighted by molar-refractivity contribution is -0.119. The van der Waals surface area contributed by atoms with Crippen molar-refractivity contribution in [3.63, 3.8) is 0 Å². The van der Waals surface area contributed by atoms with E-state index in [-0.39, 0.29) is 27.1 Å². The minimum Gasteiger partial charge on any atom is -0.494 e. The third kappa shape index (κ3) is 4.79. The number of ether oxygens (including phenoxy) is 2. The summed E-state index contributed by atoms with van der Waals surface area (Å²) in [5, 5.41) is 9.44. The van der Waals surface area contributed by atoms with E-state index in [1.165, 1.54) is 33.9 Å². The van der Waals surface area contributed by atoms with Crippen LogP contribution in [0.25, 0.3) is 10.9 Å². The third-order valence-corrected chi connectivity index (χ3v) is 3.48. The number of methoxy groups -OCH3 is 1. The fourth-order valence-corrected chi connectivity index (χ4v) is 2.41. The van der Waals surface area contributed by atoms with Gasteiger partial charge in [-0.15, -0.1) is 0 Å². The Kier molecular flexibility index (Phi) is 5.68. The van der Waals surface area contributed by atoms with Crippen LogP contribution in [-0.4, -0.2) is 36.5 Å². The first-order valence-electron chi connectivity index (χ1n) is 8.00. The van der Waals surface area contributed by atoms with Gasteiger partial charge in [-0.3, -0.25) is 9.88 Å².